The summed E-state index contributed by atoms with van der Waals surface area (Å²) in [5, 5.41) is 9.09. The Morgan fingerprint density at radius 2 is 1.63 bits per heavy atom. The second-order valence-electron chi connectivity index (χ2n) is 7.41. The van der Waals surface area contributed by atoms with E-state index >= 15 is 0 Å². The first-order valence-electron chi connectivity index (χ1n) is 9.88. The molecule has 0 amide bonds. The Morgan fingerprint density at radius 3 is 2.41 bits per heavy atom. The van der Waals surface area contributed by atoms with E-state index in [9.17, 15) is 0 Å². The Kier molecular flexibility index (Phi) is 5.98. The molecule has 3 nitrogen and oxygen atoms in total. The van der Waals surface area contributed by atoms with Gasteiger partial charge in [-0.1, -0.05) is 53.7 Å². The van der Waals surface area contributed by atoms with E-state index in [1.165, 1.54) is 32.1 Å². The molecule has 1 saturated heterocycles. The number of aliphatic hydroxyl groups is 1. The number of nitrogens with zero attached hydrogens (tertiary/aromatic N) is 2. The summed E-state index contributed by atoms with van der Waals surface area (Å²) in [7, 11) is 0. The molecule has 4 rings (SSSR count). The maximum Gasteiger partial charge on any atom is 0.0558 e. The van der Waals surface area contributed by atoms with Crippen LogP contribution in [0.1, 0.15) is 23.1 Å². The van der Waals surface area contributed by atoms with Crippen LogP contribution in [0, 0.1) is 6.92 Å². The van der Waals surface area contributed by atoms with Crippen molar-refractivity contribution < 1.29 is 5.11 Å². The van der Waals surface area contributed by atoms with Crippen molar-refractivity contribution in [3.63, 3.8) is 0 Å². The minimum Gasteiger partial charge on any atom is -0.395 e. The summed E-state index contributed by atoms with van der Waals surface area (Å²) in [6.45, 7) is 8.70. The predicted molar refractivity (Wildman–Crippen MR) is 113 cm³/mol. The third kappa shape index (κ3) is 4.30. The van der Waals surface area contributed by atoms with Gasteiger partial charge in [0.2, 0.25) is 0 Å². The van der Waals surface area contributed by atoms with Crippen LogP contribution in [0.25, 0.3) is 5.57 Å². The van der Waals surface area contributed by atoms with E-state index in [0.29, 0.717) is 0 Å². The molecule has 0 atom stereocenters. The van der Waals surface area contributed by atoms with Crippen molar-refractivity contribution in [2.75, 3.05) is 45.9 Å². The molecule has 0 unspecified atom stereocenters. The minimum atomic E-state index is 0.266. The second kappa shape index (κ2) is 8.61. The van der Waals surface area contributed by atoms with Gasteiger partial charge in [0.15, 0.2) is 0 Å². The van der Waals surface area contributed by atoms with E-state index < -0.39 is 0 Å². The highest BCUT2D eigenvalue weighted by Gasteiger charge is 2.21. The predicted octanol–water partition coefficient (Wildman–Crippen LogP) is 3.89. The summed E-state index contributed by atoms with van der Waals surface area (Å²) < 4.78 is 0. The Hall–Kier alpha value is -1.59. The molecule has 0 bridgehead atoms. The zero-order valence-electron chi connectivity index (χ0n) is 16.0. The van der Waals surface area contributed by atoms with Crippen LogP contribution in [0.4, 0.5) is 0 Å². The van der Waals surface area contributed by atoms with E-state index in [-0.39, 0.29) is 6.61 Å². The van der Waals surface area contributed by atoms with Gasteiger partial charge in [-0.15, -0.1) is 0 Å². The number of β-amino-alcohol motifs (C(OH)–C–C–N with tert-alkyl or cyclic N) is 1. The van der Waals surface area contributed by atoms with Crippen LogP contribution in [0.5, 0.6) is 0 Å². The van der Waals surface area contributed by atoms with Gasteiger partial charge in [0.25, 0.3) is 0 Å². The van der Waals surface area contributed by atoms with E-state index in [2.05, 4.69) is 65.3 Å². The number of piperazine rings is 1. The molecule has 0 radical (unpaired) electrons. The number of aliphatic hydroxyl groups excluding tert-OH is 1. The molecule has 0 aliphatic carbocycles. The van der Waals surface area contributed by atoms with Crippen LogP contribution < -0.4 is 0 Å². The van der Waals surface area contributed by atoms with Gasteiger partial charge < -0.3 is 10.0 Å². The van der Waals surface area contributed by atoms with Crippen LogP contribution in [-0.2, 0) is 0 Å². The fraction of sp³-hybridized carbons (Fsp3) is 0.391. The maximum absolute atomic E-state index is 9.09. The Labute approximate surface area is 166 Å². The molecule has 142 valence electrons. The first-order valence-corrected chi connectivity index (χ1v) is 10.7. The standard InChI is InChI=1S/C23H28N2OS/c1-18-8-9-23-21(17-18)19(20-5-2-3-7-22(20)27-23)6-4-10-24-11-13-25(14-12-24)15-16-26/h2-3,5-9,17,26H,4,10-16H2,1H3/b19-6-. The van der Waals surface area contributed by atoms with Crippen LogP contribution in [0.15, 0.2) is 58.3 Å². The number of rotatable bonds is 5. The average Bonchev–Trinajstić information content (AvgIpc) is 2.69. The lowest BCUT2D eigenvalue weighted by atomic mass is 9.95. The molecule has 2 aliphatic rings. The molecule has 0 saturated carbocycles. The van der Waals surface area contributed by atoms with Crippen LogP contribution >= 0.6 is 11.8 Å². The van der Waals surface area contributed by atoms with E-state index in [4.69, 9.17) is 5.11 Å². The molecule has 1 N–H and O–H groups in total. The number of benzene rings is 2. The highest BCUT2D eigenvalue weighted by Crippen LogP contribution is 2.45. The summed E-state index contributed by atoms with van der Waals surface area (Å²) in [4.78, 5) is 7.62. The minimum absolute atomic E-state index is 0.266. The lowest BCUT2D eigenvalue weighted by Crippen LogP contribution is -2.47. The highest BCUT2D eigenvalue weighted by atomic mass is 32.2. The van der Waals surface area contributed by atoms with Crippen molar-refractivity contribution in [1.29, 1.82) is 0 Å². The van der Waals surface area contributed by atoms with Gasteiger partial charge in [0.1, 0.15) is 0 Å². The van der Waals surface area contributed by atoms with E-state index in [0.717, 1.165) is 45.7 Å². The topological polar surface area (TPSA) is 26.7 Å². The molecule has 0 aromatic heterocycles. The van der Waals surface area contributed by atoms with Gasteiger partial charge in [0, 0.05) is 49.1 Å². The number of fused-ring (bicyclic) bond motifs is 2. The monoisotopic (exact) mass is 380 g/mol. The SMILES string of the molecule is Cc1ccc2c(c1)/C(=C\CCN1CCN(CCO)CC1)c1ccccc1S2. The van der Waals surface area contributed by atoms with Crippen molar-refractivity contribution in [3.8, 4) is 0 Å². The molecular formula is C23H28N2OS. The fourth-order valence-corrected chi connectivity index (χ4v) is 5.06. The average molecular weight is 381 g/mol. The summed E-state index contributed by atoms with van der Waals surface area (Å²) in [5.41, 5.74) is 5.46. The van der Waals surface area contributed by atoms with Crippen LogP contribution in [-0.4, -0.2) is 60.8 Å². The largest absolute Gasteiger partial charge is 0.395 e. The van der Waals surface area contributed by atoms with Gasteiger partial charge in [-0.3, -0.25) is 4.90 Å². The molecule has 2 aliphatic heterocycles. The zero-order valence-corrected chi connectivity index (χ0v) is 16.8. The maximum atomic E-state index is 9.09. The van der Waals surface area contributed by atoms with E-state index in [1.807, 2.05) is 11.8 Å². The lowest BCUT2D eigenvalue weighted by molar-refractivity contribution is 0.114. The van der Waals surface area contributed by atoms with Gasteiger partial charge >= 0.3 is 0 Å². The van der Waals surface area contributed by atoms with Crippen molar-refractivity contribution in [1.82, 2.24) is 9.80 Å². The summed E-state index contributed by atoms with van der Waals surface area (Å²) >= 11 is 1.88. The van der Waals surface area contributed by atoms with Crippen molar-refractivity contribution in [3.05, 3.63) is 65.2 Å². The number of aryl methyl sites for hydroxylation is 1. The van der Waals surface area contributed by atoms with Crippen LogP contribution in [0.3, 0.4) is 0 Å². The second-order valence-corrected chi connectivity index (χ2v) is 8.49. The van der Waals surface area contributed by atoms with Crippen molar-refractivity contribution >= 4 is 17.3 Å². The van der Waals surface area contributed by atoms with Gasteiger partial charge in [-0.2, -0.15) is 0 Å². The lowest BCUT2D eigenvalue weighted by Gasteiger charge is -2.34. The third-order valence-electron chi connectivity index (χ3n) is 5.50. The molecule has 2 aromatic carbocycles. The summed E-state index contributed by atoms with van der Waals surface area (Å²) in [6.07, 6.45) is 3.51. The number of hydrogen-bond acceptors (Lipinski definition) is 4. The zero-order chi connectivity index (χ0) is 18.6. The van der Waals surface area contributed by atoms with Crippen LogP contribution in [0.2, 0.25) is 0 Å². The molecule has 0 spiro atoms. The normalized spacial score (nSPS) is 19.1. The Bertz CT molecular complexity index is 825. The van der Waals surface area contributed by atoms with Crippen molar-refractivity contribution in [2.24, 2.45) is 0 Å². The van der Waals surface area contributed by atoms with Gasteiger partial charge in [0.05, 0.1) is 6.61 Å². The first kappa shape index (κ1) is 18.8. The molecule has 27 heavy (non-hydrogen) atoms. The number of hydrogen-bond donors (Lipinski definition) is 1. The molecule has 4 heteroatoms. The Balaban J connectivity index is 1.49. The molecular weight excluding hydrogens is 352 g/mol. The first-order chi connectivity index (χ1) is 13.2. The fourth-order valence-electron chi connectivity index (χ4n) is 3.97. The summed E-state index contributed by atoms with van der Waals surface area (Å²) in [6, 6.07) is 15.6. The third-order valence-corrected chi connectivity index (χ3v) is 6.65. The van der Waals surface area contributed by atoms with E-state index in [1.54, 1.807) is 0 Å². The summed E-state index contributed by atoms with van der Waals surface area (Å²) in [5.74, 6) is 0. The quantitative estimate of drug-likeness (QED) is 0.726. The highest BCUT2D eigenvalue weighted by molar-refractivity contribution is 7.99. The molecule has 2 aromatic rings. The smallest absolute Gasteiger partial charge is 0.0558 e. The molecule has 2 heterocycles. The Morgan fingerprint density at radius 1 is 0.926 bits per heavy atom. The van der Waals surface area contributed by atoms with Crippen molar-refractivity contribution in [2.45, 2.75) is 23.1 Å². The molecule has 1 fully saturated rings. The van der Waals surface area contributed by atoms with Gasteiger partial charge in [-0.05, 0) is 42.2 Å². The van der Waals surface area contributed by atoms with Gasteiger partial charge in [-0.25, -0.2) is 0 Å².